The molecule has 4 heteroatoms. The van der Waals surface area contributed by atoms with Crippen LogP contribution in [0.2, 0.25) is 0 Å². The van der Waals surface area contributed by atoms with E-state index < -0.39 is 5.41 Å². The molecule has 0 fully saturated rings. The Hall–Kier alpha value is -1.34. The van der Waals surface area contributed by atoms with Crippen molar-refractivity contribution >= 4 is 21.8 Å². The molecule has 17 heavy (non-hydrogen) atoms. The van der Waals surface area contributed by atoms with Crippen LogP contribution in [-0.4, -0.2) is 5.91 Å². The van der Waals surface area contributed by atoms with Gasteiger partial charge in [-0.2, -0.15) is 5.26 Å². The molecular weight excluding hydrogens is 280 g/mol. The smallest absolute Gasteiger partial charge is 0.240 e. The zero-order valence-corrected chi connectivity index (χ0v) is 11.7. The minimum Gasteiger partial charge on any atom is -0.348 e. The molecule has 0 radical (unpaired) electrons. The first-order valence-electron chi connectivity index (χ1n) is 5.34. The lowest BCUT2D eigenvalue weighted by atomic mass is 9.94. The molecule has 1 N–H and O–H groups in total. The van der Waals surface area contributed by atoms with Crippen LogP contribution in [0.1, 0.15) is 32.4 Å². The first kappa shape index (κ1) is 13.7. The van der Waals surface area contributed by atoms with Crippen molar-refractivity contribution in [1.29, 1.82) is 5.26 Å². The van der Waals surface area contributed by atoms with E-state index in [0.29, 0.717) is 0 Å². The molecule has 0 heterocycles. The van der Waals surface area contributed by atoms with Crippen molar-refractivity contribution < 1.29 is 4.79 Å². The van der Waals surface area contributed by atoms with E-state index in [1.54, 1.807) is 13.8 Å². The number of amides is 1. The molecule has 1 aromatic carbocycles. The number of carbonyl (C=O) groups excluding carboxylic acids is 1. The fourth-order valence-electron chi connectivity index (χ4n) is 1.26. The summed E-state index contributed by atoms with van der Waals surface area (Å²) in [6, 6.07) is 9.61. The summed E-state index contributed by atoms with van der Waals surface area (Å²) in [7, 11) is 0. The van der Waals surface area contributed by atoms with Gasteiger partial charge < -0.3 is 5.32 Å². The molecule has 0 saturated carbocycles. The summed E-state index contributed by atoms with van der Waals surface area (Å²) in [6.45, 7) is 5.11. The van der Waals surface area contributed by atoms with Crippen molar-refractivity contribution in [2.24, 2.45) is 5.41 Å². The van der Waals surface area contributed by atoms with Crippen LogP contribution < -0.4 is 5.32 Å². The van der Waals surface area contributed by atoms with Gasteiger partial charge >= 0.3 is 0 Å². The average Bonchev–Trinajstić information content (AvgIpc) is 2.29. The largest absolute Gasteiger partial charge is 0.348 e. The lowest BCUT2D eigenvalue weighted by molar-refractivity contribution is -0.127. The van der Waals surface area contributed by atoms with E-state index in [9.17, 15) is 4.79 Å². The van der Waals surface area contributed by atoms with Crippen molar-refractivity contribution in [2.45, 2.75) is 26.8 Å². The Kier molecular flexibility index (Phi) is 4.30. The number of nitrogens with one attached hydrogen (secondary N) is 1. The second kappa shape index (κ2) is 5.33. The highest BCUT2D eigenvalue weighted by atomic mass is 79.9. The van der Waals surface area contributed by atoms with E-state index >= 15 is 0 Å². The van der Waals surface area contributed by atoms with Crippen LogP contribution in [0, 0.1) is 16.7 Å². The standard InChI is InChI=1S/C13H15BrN2O/c1-9(10-4-6-11(14)7-5-10)16-12(17)13(2,3)8-15/h4-7,9H,1-3H3,(H,16,17)/t9-/m1/s1. The number of rotatable bonds is 3. The average molecular weight is 295 g/mol. The summed E-state index contributed by atoms with van der Waals surface area (Å²) >= 11 is 3.36. The number of benzene rings is 1. The Morgan fingerprint density at radius 3 is 2.41 bits per heavy atom. The Morgan fingerprint density at radius 1 is 1.41 bits per heavy atom. The molecule has 0 aromatic heterocycles. The molecule has 1 rings (SSSR count). The van der Waals surface area contributed by atoms with Gasteiger partial charge in [0, 0.05) is 4.47 Å². The van der Waals surface area contributed by atoms with Crippen molar-refractivity contribution in [3.8, 4) is 6.07 Å². The second-order valence-electron chi connectivity index (χ2n) is 4.48. The highest BCUT2D eigenvalue weighted by molar-refractivity contribution is 9.10. The zero-order chi connectivity index (χ0) is 13.1. The molecule has 1 atom stereocenters. The van der Waals surface area contributed by atoms with Gasteiger partial charge in [-0.3, -0.25) is 4.79 Å². The van der Waals surface area contributed by atoms with E-state index in [4.69, 9.17) is 5.26 Å². The van der Waals surface area contributed by atoms with Crippen molar-refractivity contribution in [3.05, 3.63) is 34.3 Å². The lowest BCUT2D eigenvalue weighted by Gasteiger charge is -2.20. The number of carbonyl (C=O) groups is 1. The summed E-state index contributed by atoms with van der Waals surface area (Å²) in [5.41, 5.74) is 0.0131. The fourth-order valence-corrected chi connectivity index (χ4v) is 1.53. The molecule has 0 spiro atoms. The lowest BCUT2D eigenvalue weighted by Crippen LogP contribution is -2.37. The van der Waals surface area contributed by atoms with Gasteiger partial charge in [-0.1, -0.05) is 28.1 Å². The third kappa shape index (κ3) is 3.57. The third-order valence-corrected chi connectivity index (χ3v) is 3.09. The van der Waals surface area contributed by atoms with Gasteiger partial charge in [0.25, 0.3) is 0 Å². The van der Waals surface area contributed by atoms with E-state index in [-0.39, 0.29) is 11.9 Å². The second-order valence-corrected chi connectivity index (χ2v) is 5.40. The number of nitriles is 1. The molecule has 0 bridgehead atoms. The van der Waals surface area contributed by atoms with Gasteiger partial charge in [0.1, 0.15) is 5.41 Å². The van der Waals surface area contributed by atoms with Gasteiger partial charge in [-0.15, -0.1) is 0 Å². The number of nitrogens with zero attached hydrogens (tertiary/aromatic N) is 1. The van der Waals surface area contributed by atoms with Crippen molar-refractivity contribution in [2.75, 3.05) is 0 Å². The maximum absolute atomic E-state index is 11.8. The maximum atomic E-state index is 11.8. The van der Waals surface area contributed by atoms with Gasteiger partial charge in [0.05, 0.1) is 12.1 Å². The molecular formula is C13H15BrN2O. The van der Waals surface area contributed by atoms with E-state index in [1.807, 2.05) is 37.3 Å². The molecule has 0 unspecified atom stereocenters. The Balaban J connectivity index is 2.74. The molecule has 3 nitrogen and oxygen atoms in total. The summed E-state index contributed by atoms with van der Waals surface area (Å²) in [4.78, 5) is 11.8. The molecule has 1 amide bonds. The number of hydrogen-bond donors (Lipinski definition) is 1. The minimum atomic E-state index is -0.996. The maximum Gasteiger partial charge on any atom is 0.240 e. The van der Waals surface area contributed by atoms with E-state index in [2.05, 4.69) is 21.2 Å². The van der Waals surface area contributed by atoms with Gasteiger partial charge in [0.15, 0.2) is 0 Å². The fraction of sp³-hybridized carbons (Fsp3) is 0.385. The van der Waals surface area contributed by atoms with Crippen LogP contribution in [0.5, 0.6) is 0 Å². The predicted molar refractivity (Wildman–Crippen MR) is 70.1 cm³/mol. The van der Waals surface area contributed by atoms with Gasteiger partial charge in [-0.25, -0.2) is 0 Å². The molecule has 1 aromatic rings. The van der Waals surface area contributed by atoms with Crippen LogP contribution in [0.3, 0.4) is 0 Å². The minimum absolute atomic E-state index is 0.108. The Morgan fingerprint density at radius 2 is 1.94 bits per heavy atom. The monoisotopic (exact) mass is 294 g/mol. The van der Waals surface area contributed by atoms with Crippen LogP contribution in [0.15, 0.2) is 28.7 Å². The highest BCUT2D eigenvalue weighted by Crippen LogP contribution is 2.19. The SMILES string of the molecule is C[C@@H](NC(=O)C(C)(C)C#N)c1ccc(Br)cc1. The van der Waals surface area contributed by atoms with Crippen LogP contribution in [-0.2, 0) is 4.79 Å². The summed E-state index contributed by atoms with van der Waals surface area (Å²) in [6.07, 6.45) is 0. The Labute approximate surface area is 110 Å². The normalized spacial score (nSPS) is 12.6. The van der Waals surface area contributed by atoms with Crippen molar-refractivity contribution in [1.82, 2.24) is 5.32 Å². The van der Waals surface area contributed by atoms with Crippen molar-refractivity contribution in [3.63, 3.8) is 0 Å². The summed E-state index contributed by atoms with van der Waals surface area (Å²) < 4.78 is 0.997. The highest BCUT2D eigenvalue weighted by Gasteiger charge is 2.28. The first-order chi connectivity index (χ1) is 7.86. The van der Waals surface area contributed by atoms with E-state index in [1.165, 1.54) is 0 Å². The predicted octanol–water partition coefficient (Wildman–Crippen LogP) is 3.18. The topological polar surface area (TPSA) is 52.9 Å². The van der Waals surface area contributed by atoms with Gasteiger partial charge in [-0.05, 0) is 38.5 Å². The van der Waals surface area contributed by atoms with Crippen LogP contribution in [0.4, 0.5) is 0 Å². The molecule has 0 aliphatic rings. The van der Waals surface area contributed by atoms with Crippen LogP contribution in [0.25, 0.3) is 0 Å². The quantitative estimate of drug-likeness (QED) is 0.931. The first-order valence-corrected chi connectivity index (χ1v) is 6.14. The molecule has 90 valence electrons. The van der Waals surface area contributed by atoms with Gasteiger partial charge in [0.2, 0.25) is 5.91 Å². The molecule has 0 aliphatic carbocycles. The number of hydrogen-bond acceptors (Lipinski definition) is 2. The molecule has 0 saturated heterocycles. The Bertz CT molecular complexity index is 445. The summed E-state index contributed by atoms with van der Waals surface area (Å²) in [5.74, 6) is -0.254. The summed E-state index contributed by atoms with van der Waals surface area (Å²) in [5, 5.41) is 11.7. The molecule has 0 aliphatic heterocycles. The van der Waals surface area contributed by atoms with E-state index in [0.717, 1.165) is 10.0 Å². The zero-order valence-electron chi connectivity index (χ0n) is 10.1. The third-order valence-electron chi connectivity index (χ3n) is 2.56. The van der Waals surface area contributed by atoms with Crippen LogP contribution >= 0.6 is 15.9 Å². The number of halogens is 1.